The first-order valence-corrected chi connectivity index (χ1v) is 7.33. The number of carbonyl (C=O) groups excluding carboxylic acids is 1. The molecule has 1 heterocycles. The molecule has 0 fully saturated rings. The summed E-state index contributed by atoms with van der Waals surface area (Å²) in [6.45, 7) is 0.319. The molecule has 0 saturated carbocycles. The monoisotopic (exact) mass is 321 g/mol. The summed E-state index contributed by atoms with van der Waals surface area (Å²) in [5.74, 6) is -0.547. The molecular weight excluding hydrogens is 306 g/mol. The van der Waals surface area contributed by atoms with E-state index >= 15 is 0 Å². The Kier molecular flexibility index (Phi) is 4.62. The average Bonchev–Trinajstić information content (AvgIpc) is 3.00. The molecule has 1 aromatic heterocycles. The molecule has 7 nitrogen and oxygen atoms in total. The lowest BCUT2D eigenvalue weighted by atomic mass is 10.2. The van der Waals surface area contributed by atoms with Crippen LogP contribution < -0.4 is 10.9 Å². The molecular formula is C17H15N5O2. The number of benzene rings is 2. The lowest BCUT2D eigenvalue weighted by molar-refractivity contribution is 0.0944. The summed E-state index contributed by atoms with van der Waals surface area (Å²) in [5.41, 5.74) is 0.932. The summed E-state index contributed by atoms with van der Waals surface area (Å²) in [5, 5.41) is 12.8. The van der Waals surface area contributed by atoms with Gasteiger partial charge >= 0.3 is 5.56 Å². The third-order valence-electron chi connectivity index (χ3n) is 3.28. The first-order valence-electron chi connectivity index (χ1n) is 7.33. The second-order valence-corrected chi connectivity index (χ2v) is 5.00. The summed E-state index contributed by atoms with van der Waals surface area (Å²) >= 11 is 0. The van der Waals surface area contributed by atoms with Crippen LogP contribution >= 0.6 is 0 Å². The SMILES string of the molecule is O=C(NCc1ccccc1)c1n[nH]n(N=Cc2ccccc2)c1=O. The van der Waals surface area contributed by atoms with Crippen molar-refractivity contribution in [3.63, 3.8) is 0 Å². The second-order valence-electron chi connectivity index (χ2n) is 5.00. The van der Waals surface area contributed by atoms with E-state index in [9.17, 15) is 9.59 Å². The van der Waals surface area contributed by atoms with Crippen molar-refractivity contribution in [1.29, 1.82) is 0 Å². The molecule has 0 unspecified atom stereocenters. The van der Waals surface area contributed by atoms with Gasteiger partial charge in [-0.15, -0.1) is 9.89 Å². The quantitative estimate of drug-likeness (QED) is 0.695. The van der Waals surface area contributed by atoms with Crippen LogP contribution in [0.25, 0.3) is 0 Å². The average molecular weight is 321 g/mol. The number of rotatable bonds is 5. The zero-order chi connectivity index (χ0) is 16.8. The highest BCUT2D eigenvalue weighted by Crippen LogP contribution is 1.98. The molecule has 2 aromatic carbocycles. The van der Waals surface area contributed by atoms with Gasteiger partial charge in [-0.2, -0.15) is 10.3 Å². The zero-order valence-corrected chi connectivity index (χ0v) is 12.7. The molecule has 3 rings (SSSR count). The van der Waals surface area contributed by atoms with Gasteiger partial charge in [0.1, 0.15) is 0 Å². The van der Waals surface area contributed by atoms with E-state index in [1.54, 1.807) is 0 Å². The number of amides is 1. The van der Waals surface area contributed by atoms with Crippen molar-refractivity contribution in [2.24, 2.45) is 5.10 Å². The Labute approximate surface area is 137 Å². The Bertz CT molecular complexity index is 897. The Hall–Kier alpha value is -3.48. The van der Waals surface area contributed by atoms with Crippen molar-refractivity contribution in [1.82, 2.24) is 20.4 Å². The number of carbonyl (C=O) groups is 1. The Morgan fingerprint density at radius 3 is 2.50 bits per heavy atom. The minimum atomic E-state index is -0.604. The van der Waals surface area contributed by atoms with Crippen molar-refractivity contribution < 1.29 is 4.79 Å². The molecule has 0 atom stereocenters. The van der Waals surface area contributed by atoms with E-state index in [1.807, 2.05) is 60.7 Å². The summed E-state index contributed by atoms with van der Waals surface area (Å²) in [7, 11) is 0. The third kappa shape index (κ3) is 3.64. The minimum absolute atomic E-state index is 0.226. The topological polar surface area (TPSA) is 92.1 Å². The van der Waals surface area contributed by atoms with E-state index in [2.05, 4.69) is 20.7 Å². The van der Waals surface area contributed by atoms with Crippen LogP contribution in [-0.4, -0.2) is 27.2 Å². The van der Waals surface area contributed by atoms with Gasteiger partial charge in [0.15, 0.2) is 0 Å². The molecule has 0 spiro atoms. The maximum absolute atomic E-state index is 12.1. The summed E-state index contributed by atoms with van der Waals surface area (Å²) in [6.07, 6.45) is 1.51. The number of aromatic amines is 1. The van der Waals surface area contributed by atoms with Gasteiger partial charge in [0.2, 0.25) is 5.69 Å². The Morgan fingerprint density at radius 1 is 1.12 bits per heavy atom. The molecule has 0 radical (unpaired) electrons. The lowest BCUT2D eigenvalue weighted by Crippen LogP contribution is -2.29. The molecule has 1 amide bonds. The van der Waals surface area contributed by atoms with Crippen LogP contribution in [0.2, 0.25) is 0 Å². The molecule has 2 N–H and O–H groups in total. The molecule has 7 heteroatoms. The molecule has 0 aliphatic heterocycles. The van der Waals surface area contributed by atoms with Crippen LogP contribution in [0.5, 0.6) is 0 Å². The fraction of sp³-hybridized carbons (Fsp3) is 0.0588. The fourth-order valence-electron chi connectivity index (χ4n) is 2.04. The van der Waals surface area contributed by atoms with Crippen LogP contribution in [0.3, 0.4) is 0 Å². The summed E-state index contributed by atoms with van der Waals surface area (Å²) in [6, 6.07) is 18.7. The van der Waals surface area contributed by atoms with Gasteiger partial charge in [-0.3, -0.25) is 9.59 Å². The predicted molar refractivity (Wildman–Crippen MR) is 89.9 cm³/mol. The van der Waals surface area contributed by atoms with Crippen molar-refractivity contribution in [3.05, 3.63) is 87.8 Å². The maximum Gasteiger partial charge on any atom is 0.320 e. The molecule has 120 valence electrons. The highest BCUT2D eigenvalue weighted by Gasteiger charge is 2.16. The van der Waals surface area contributed by atoms with Gasteiger partial charge in [-0.25, -0.2) is 0 Å². The Balaban J connectivity index is 1.69. The highest BCUT2D eigenvalue weighted by molar-refractivity contribution is 5.91. The van der Waals surface area contributed by atoms with Crippen molar-refractivity contribution in [3.8, 4) is 0 Å². The number of hydrogen-bond acceptors (Lipinski definition) is 4. The number of nitrogens with one attached hydrogen (secondary N) is 2. The van der Waals surface area contributed by atoms with E-state index in [0.717, 1.165) is 15.9 Å². The van der Waals surface area contributed by atoms with Gasteiger partial charge in [0.05, 0.1) is 6.21 Å². The first kappa shape index (κ1) is 15.4. The summed E-state index contributed by atoms with van der Waals surface area (Å²) in [4.78, 5) is 25.1. The van der Waals surface area contributed by atoms with E-state index in [-0.39, 0.29) is 5.69 Å². The molecule has 3 aromatic rings. The van der Waals surface area contributed by atoms with Gasteiger partial charge in [0.25, 0.3) is 5.91 Å². The molecule has 0 aliphatic carbocycles. The molecule has 0 saturated heterocycles. The second kappa shape index (κ2) is 7.19. The van der Waals surface area contributed by atoms with E-state index in [4.69, 9.17) is 0 Å². The first-order chi connectivity index (χ1) is 11.7. The smallest absolute Gasteiger partial charge is 0.320 e. The molecule has 0 aliphatic rings. The van der Waals surface area contributed by atoms with Gasteiger partial charge in [-0.1, -0.05) is 60.7 Å². The van der Waals surface area contributed by atoms with Crippen LogP contribution in [0.15, 0.2) is 70.6 Å². The predicted octanol–water partition coefficient (Wildman–Crippen LogP) is 1.38. The van der Waals surface area contributed by atoms with Crippen LogP contribution in [0.1, 0.15) is 21.6 Å². The largest absolute Gasteiger partial charge is 0.346 e. The number of nitrogens with zero attached hydrogens (tertiary/aromatic N) is 3. The Morgan fingerprint density at radius 2 is 1.79 bits per heavy atom. The number of H-pyrrole nitrogens is 1. The van der Waals surface area contributed by atoms with Gasteiger partial charge in [-0.05, 0) is 11.1 Å². The van der Waals surface area contributed by atoms with E-state index in [1.165, 1.54) is 6.21 Å². The molecule has 24 heavy (non-hydrogen) atoms. The van der Waals surface area contributed by atoms with Crippen molar-refractivity contribution in [2.45, 2.75) is 6.54 Å². The maximum atomic E-state index is 12.1. The van der Waals surface area contributed by atoms with Crippen LogP contribution in [0.4, 0.5) is 0 Å². The highest BCUT2D eigenvalue weighted by atomic mass is 16.2. The fourth-order valence-corrected chi connectivity index (χ4v) is 2.04. The number of aromatic nitrogens is 3. The van der Waals surface area contributed by atoms with E-state index < -0.39 is 11.5 Å². The lowest BCUT2D eigenvalue weighted by Gasteiger charge is -2.01. The minimum Gasteiger partial charge on any atom is -0.346 e. The number of hydrogen-bond donors (Lipinski definition) is 2. The molecule has 0 bridgehead atoms. The standard InChI is InChI=1S/C17H15N5O2/c23-16(18-11-13-7-3-1-4-8-13)15-17(24)22(21-20-15)19-12-14-9-5-2-6-10-14/h1-10,12,21H,11H2,(H,18,23). The van der Waals surface area contributed by atoms with Crippen LogP contribution in [0, 0.1) is 0 Å². The third-order valence-corrected chi connectivity index (χ3v) is 3.28. The zero-order valence-electron chi connectivity index (χ0n) is 12.7. The van der Waals surface area contributed by atoms with Gasteiger partial charge in [0, 0.05) is 6.54 Å². The van der Waals surface area contributed by atoms with Crippen LogP contribution in [-0.2, 0) is 6.54 Å². The van der Waals surface area contributed by atoms with Gasteiger partial charge < -0.3 is 5.32 Å². The van der Waals surface area contributed by atoms with Crippen molar-refractivity contribution >= 4 is 12.1 Å². The van der Waals surface area contributed by atoms with E-state index in [0.29, 0.717) is 6.54 Å². The van der Waals surface area contributed by atoms with Crippen molar-refractivity contribution in [2.75, 3.05) is 0 Å². The normalized spacial score (nSPS) is 10.8. The summed E-state index contributed by atoms with van der Waals surface area (Å²) < 4.78 is 0.